The van der Waals surface area contributed by atoms with Crippen LogP contribution in [0, 0.1) is 3.57 Å². The lowest BCUT2D eigenvalue weighted by Crippen LogP contribution is -2.46. The molecule has 0 radical (unpaired) electrons. The van der Waals surface area contributed by atoms with Gasteiger partial charge in [0.25, 0.3) is 0 Å². The highest BCUT2D eigenvalue weighted by Crippen LogP contribution is 2.25. The van der Waals surface area contributed by atoms with E-state index >= 15 is 0 Å². The second kappa shape index (κ2) is 9.32. The van der Waals surface area contributed by atoms with Crippen LogP contribution in [-0.2, 0) is 19.2 Å². The second-order valence-electron chi connectivity index (χ2n) is 5.20. The number of nitrogens with two attached hydrogens (primary N) is 1. The minimum atomic E-state index is -1.70. The summed E-state index contributed by atoms with van der Waals surface area (Å²) < 4.78 is 0.706. The van der Waals surface area contributed by atoms with Gasteiger partial charge in [-0.2, -0.15) is 0 Å². The Morgan fingerprint density at radius 2 is 1.84 bits per heavy atom. The highest BCUT2D eigenvalue weighted by atomic mass is 127. The Balaban J connectivity index is 2.48. The van der Waals surface area contributed by atoms with Crippen molar-refractivity contribution in [3.63, 3.8) is 0 Å². The molecule has 1 rings (SSSR count). The average molecular weight is 463 g/mol. The molecule has 9 nitrogen and oxygen atoms in total. The van der Waals surface area contributed by atoms with Crippen molar-refractivity contribution >= 4 is 46.2 Å². The molecule has 0 aliphatic rings. The molecular weight excluding hydrogens is 445 g/mol. The van der Waals surface area contributed by atoms with Gasteiger partial charge < -0.3 is 26.6 Å². The zero-order valence-electron chi connectivity index (χ0n) is 13.3. The first-order valence-electron chi connectivity index (χ1n) is 7.17. The molecule has 2 unspecified atom stereocenters. The summed E-state index contributed by atoms with van der Waals surface area (Å²) in [5, 5.41) is 22.6. The van der Waals surface area contributed by atoms with E-state index in [9.17, 15) is 24.3 Å². The van der Waals surface area contributed by atoms with Crippen molar-refractivity contribution in [3.05, 3.63) is 27.3 Å². The average Bonchev–Trinajstić information content (AvgIpc) is 2.56. The number of phenols is 1. The minimum Gasteiger partial charge on any atom is -0.508 e. The zero-order chi connectivity index (χ0) is 19.1. The van der Waals surface area contributed by atoms with E-state index in [0.29, 0.717) is 9.13 Å². The number of carboxylic acids is 1. The van der Waals surface area contributed by atoms with Crippen LogP contribution in [0.5, 0.6) is 5.75 Å². The summed E-state index contributed by atoms with van der Waals surface area (Å²) in [5.74, 6) is -3.85. The van der Waals surface area contributed by atoms with E-state index in [1.165, 1.54) is 12.1 Å². The number of halogens is 1. The quantitative estimate of drug-likeness (QED) is 0.252. The third-order valence-corrected chi connectivity index (χ3v) is 4.27. The summed E-state index contributed by atoms with van der Waals surface area (Å²) in [6, 6.07) is 2.90. The van der Waals surface area contributed by atoms with Crippen LogP contribution in [0.15, 0.2) is 18.2 Å². The SMILES string of the molecule is CC(C(=O)NCC(=O)NCC(=O)C(N)C(=O)O)c1ccc(O)cc1I. The Morgan fingerprint density at radius 1 is 1.20 bits per heavy atom. The molecule has 0 saturated carbocycles. The van der Waals surface area contributed by atoms with E-state index in [0.717, 1.165) is 0 Å². The smallest absolute Gasteiger partial charge is 0.328 e. The lowest BCUT2D eigenvalue weighted by molar-refractivity contribution is -0.142. The molecule has 0 aliphatic heterocycles. The normalized spacial score (nSPS) is 12.8. The standard InChI is InChI=1S/C15H18IN3O6/c1-7(9-3-2-8(20)4-10(9)16)14(23)19-6-12(22)18-5-11(21)13(17)15(24)25/h2-4,7,13,20H,5-6,17H2,1H3,(H,18,22)(H,19,23)(H,24,25). The van der Waals surface area contributed by atoms with Crippen LogP contribution < -0.4 is 16.4 Å². The molecule has 0 aliphatic carbocycles. The lowest BCUT2D eigenvalue weighted by atomic mass is 10.0. The van der Waals surface area contributed by atoms with Gasteiger partial charge in [0.2, 0.25) is 11.8 Å². The molecule has 1 aromatic rings. The van der Waals surface area contributed by atoms with Gasteiger partial charge in [-0.25, -0.2) is 0 Å². The molecule has 0 bridgehead atoms. The molecule has 0 spiro atoms. The van der Waals surface area contributed by atoms with Crippen molar-refractivity contribution in [2.45, 2.75) is 18.9 Å². The molecule has 0 saturated heterocycles. The number of carboxylic acid groups (broad SMARTS) is 1. The predicted molar refractivity (Wildman–Crippen MR) is 95.9 cm³/mol. The maximum Gasteiger partial charge on any atom is 0.328 e. The van der Waals surface area contributed by atoms with Crippen molar-refractivity contribution in [1.29, 1.82) is 0 Å². The number of rotatable bonds is 8. The van der Waals surface area contributed by atoms with Crippen LogP contribution in [0.2, 0.25) is 0 Å². The summed E-state index contributed by atoms with van der Waals surface area (Å²) in [6.45, 7) is 0.748. The number of phenolic OH excluding ortho intramolecular Hbond substituents is 1. The van der Waals surface area contributed by atoms with E-state index in [4.69, 9.17) is 10.8 Å². The monoisotopic (exact) mass is 463 g/mol. The van der Waals surface area contributed by atoms with Gasteiger partial charge in [0.1, 0.15) is 5.75 Å². The van der Waals surface area contributed by atoms with Crippen LogP contribution in [0.1, 0.15) is 18.4 Å². The fourth-order valence-electron chi connectivity index (χ4n) is 1.82. The van der Waals surface area contributed by atoms with Gasteiger partial charge >= 0.3 is 5.97 Å². The van der Waals surface area contributed by atoms with Gasteiger partial charge in [0.05, 0.1) is 19.0 Å². The van der Waals surface area contributed by atoms with Crippen LogP contribution in [0.4, 0.5) is 0 Å². The number of aromatic hydroxyl groups is 1. The molecule has 136 valence electrons. The van der Waals surface area contributed by atoms with Gasteiger partial charge in [-0.05, 0) is 47.2 Å². The van der Waals surface area contributed by atoms with Crippen molar-refractivity contribution in [2.75, 3.05) is 13.1 Å². The molecule has 2 amide bonds. The number of carbonyl (C=O) groups excluding carboxylic acids is 3. The maximum atomic E-state index is 12.1. The molecule has 25 heavy (non-hydrogen) atoms. The van der Waals surface area contributed by atoms with Crippen molar-refractivity contribution in [1.82, 2.24) is 10.6 Å². The molecule has 0 aromatic heterocycles. The third-order valence-electron chi connectivity index (χ3n) is 3.34. The molecule has 2 atom stereocenters. The van der Waals surface area contributed by atoms with Gasteiger partial charge in [-0.15, -0.1) is 0 Å². The van der Waals surface area contributed by atoms with Crippen LogP contribution in [-0.4, -0.2) is 52.9 Å². The molecule has 1 aromatic carbocycles. The summed E-state index contributed by atoms with van der Waals surface area (Å²) in [7, 11) is 0. The Morgan fingerprint density at radius 3 is 2.40 bits per heavy atom. The van der Waals surface area contributed by atoms with Crippen molar-refractivity contribution < 1.29 is 29.4 Å². The number of amides is 2. The fraction of sp³-hybridized carbons (Fsp3) is 0.333. The van der Waals surface area contributed by atoms with E-state index in [1.54, 1.807) is 13.0 Å². The first kappa shape index (κ1) is 20.8. The number of aliphatic carboxylic acids is 1. The Kier molecular flexibility index (Phi) is 7.77. The third kappa shape index (κ3) is 6.31. The Bertz CT molecular complexity index is 694. The second-order valence-corrected chi connectivity index (χ2v) is 6.37. The molecular formula is C15H18IN3O6. The van der Waals surface area contributed by atoms with E-state index in [1.807, 2.05) is 22.6 Å². The first-order chi connectivity index (χ1) is 11.6. The number of hydrogen-bond acceptors (Lipinski definition) is 6. The maximum absolute atomic E-state index is 12.1. The molecule has 10 heteroatoms. The number of nitrogens with one attached hydrogen (secondary N) is 2. The van der Waals surface area contributed by atoms with Gasteiger partial charge in [-0.3, -0.25) is 19.2 Å². The molecule has 0 fully saturated rings. The van der Waals surface area contributed by atoms with E-state index in [-0.39, 0.29) is 12.3 Å². The van der Waals surface area contributed by atoms with Crippen molar-refractivity contribution in [3.8, 4) is 5.75 Å². The summed E-state index contributed by atoms with van der Waals surface area (Å²) in [4.78, 5) is 45.6. The highest BCUT2D eigenvalue weighted by molar-refractivity contribution is 14.1. The van der Waals surface area contributed by atoms with Crippen molar-refractivity contribution in [2.24, 2.45) is 5.73 Å². The van der Waals surface area contributed by atoms with Crippen LogP contribution >= 0.6 is 22.6 Å². The summed E-state index contributed by atoms with van der Waals surface area (Å²) in [6.07, 6.45) is 0. The number of hydrogen-bond donors (Lipinski definition) is 5. The highest BCUT2D eigenvalue weighted by Gasteiger charge is 2.22. The van der Waals surface area contributed by atoms with Crippen LogP contribution in [0.25, 0.3) is 0 Å². The summed E-state index contributed by atoms with van der Waals surface area (Å²) >= 11 is 1.99. The Hall–Kier alpha value is -2.21. The molecule has 0 heterocycles. The number of ketones is 1. The topological polar surface area (TPSA) is 159 Å². The summed E-state index contributed by atoms with van der Waals surface area (Å²) in [5.41, 5.74) is 5.80. The van der Waals surface area contributed by atoms with Gasteiger partial charge in [-0.1, -0.05) is 6.07 Å². The van der Waals surface area contributed by atoms with Gasteiger partial charge in [0, 0.05) is 3.57 Å². The van der Waals surface area contributed by atoms with Gasteiger partial charge in [0.15, 0.2) is 11.8 Å². The number of Topliss-reactive ketones (excluding diaryl/α,β-unsaturated/α-hetero) is 1. The number of carbonyl (C=O) groups is 4. The largest absolute Gasteiger partial charge is 0.508 e. The first-order valence-corrected chi connectivity index (χ1v) is 8.25. The fourth-order valence-corrected chi connectivity index (χ4v) is 2.79. The number of benzene rings is 1. The lowest BCUT2D eigenvalue weighted by Gasteiger charge is -2.14. The molecule has 6 N–H and O–H groups in total. The van der Waals surface area contributed by atoms with Crippen LogP contribution in [0.3, 0.4) is 0 Å². The Labute approximate surface area is 157 Å². The van der Waals surface area contributed by atoms with E-state index in [2.05, 4.69) is 10.6 Å². The zero-order valence-corrected chi connectivity index (χ0v) is 15.4. The minimum absolute atomic E-state index is 0.0874. The van der Waals surface area contributed by atoms with E-state index < -0.39 is 42.1 Å². The predicted octanol–water partition coefficient (Wildman–Crippen LogP) is -0.686.